The summed E-state index contributed by atoms with van der Waals surface area (Å²) in [5.74, 6) is -0.0756. The number of pyridine rings is 1. The fraction of sp³-hybridized carbons (Fsp3) is 0.250. The molecule has 1 heterocycles. The summed E-state index contributed by atoms with van der Waals surface area (Å²) in [6.45, 7) is -2.24. The monoisotopic (exact) mass is 646 g/mol. The Bertz CT molecular complexity index is 1550. The number of H-pyrrole nitrogens is 1. The van der Waals surface area contributed by atoms with Gasteiger partial charge >= 0.3 is 12.6 Å². The summed E-state index contributed by atoms with van der Waals surface area (Å²) in [4.78, 5) is 16.2. The van der Waals surface area contributed by atoms with Crippen molar-refractivity contribution in [2.45, 2.75) is 38.5 Å². The molecule has 0 spiro atoms. The Balaban J connectivity index is 0.00000442. The van der Waals surface area contributed by atoms with Crippen LogP contribution in [0.15, 0.2) is 79.1 Å². The minimum absolute atomic E-state index is 0. The van der Waals surface area contributed by atoms with E-state index in [0.29, 0.717) is 51.5 Å². The predicted molar refractivity (Wildman–Crippen MR) is 160 cm³/mol. The third kappa shape index (κ3) is 8.72. The Morgan fingerprint density at radius 1 is 1.00 bits per heavy atom. The largest absolute Gasteiger partial charge is 0.870 e. The summed E-state index contributed by atoms with van der Waals surface area (Å²) < 4.78 is 42.7. The van der Waals surface area contributed by atoms with Crippen molar-refractivity contribution in [1.29, 1.82) is 0 Å². The molecule has 1 atom stereocenters. The molecule has 4 aromatic rings. The van der Waals surface area contributed by atoms with Crippen LogP contribution < -0.4 is 19.8 Å². The lowest BCUT2D eigenvalue weighted by molar-refractivity contribution is -0.377. The second kappa shape index (κ2) is 15.1. The van der Waals surface area contributed by atoms with Gasteiger partial charge in [0, 0.05) is 18.5 Å². The van der Waals surface area contributed by atoms with Gasteiger partial charge < -0.3 is 30.1 Å². The zero-order valence-electron chi connectivity index (χ0n) is 23.3. The number of aromatic hydroxyl groups is 1. The highest BCUT2D eigenvalue weighted by Crippen LogP contribution is 2.38. The number of hydrogen-bond donors (Lipinski definition) is 2. The first-order valence-corrected chi connectivity index (χ1v) is 14.4. The van der Waals surface area contributed by atoms with Crippen molar-refractivity contribution in [1.82, 2.24) is 0 Å². The van der Waals surface area contributed by atoms with Crippen LogP contribution in [0.2, 0.25) is 10.0 Å². The molecule has 1 aliphatic carbocycles. The second-order valence-electron chi connectivity index (χ2n) is 10.1. The number of phenols is 1. The zero-order chi connectivity index (χ0) is 30.3. The van der Waals surface area contributed by atoms with E-state index in [4.69, 9.17) is 32.7 Å². The first-order chi connectivity index (χ1) is 20.8. The zero-order valence-corrected chi connectivity index (χ0v) is 24.8. The van der Waals surface area contributed by atoms with Crippen LogP contribution >= 0.6 is 23.2 Å². The number of carbonyl (C=O) groups excluding carboxylic acids is 1. The summed E-state index contributed by atoms with van der Waals surface area (Å²) in [5, 5.41) is 13.8. The van der Waals surface area contributed by atoms with Gasteiger partial charge in [-0.25, -0.2) is 9.78 Å². The Morgan fingerprint density at radius 3 is 2.36 bits per heavy atom. The maximum atomic E-state index is 13.3. The van der Waals surface area contributed by atoms with Crippen molar-refractivity contribution >= 4 is 34.9 Å². The number of ether oxygens (including phenoxy) is 3. The maximum Gasteiger partial charge on any atom is 0.387 e. The molecule has 1 fully saturated rings. The number of esters is 1. The molecule has 1 aliphatic rings. The fourth-order valence-electron chi connectivity index (χ4n) is 4.38. The number of aromatic nitrogens is 1. The number of halogens is 4. The van der Waals surface area contributed by atoms with Crippen molar-refractivity contribution in [3.63, 3.8) is 0 Å². The topological polar surface area (TPSA) is 121 Å². The molecule has 0 unspecified atom stereocenters. The average molecular weight is 648 g/mol. The number of rotatable bonds is 13. The highest BCUT2D eigenvalue weighted by Gasteiger charge is 2.26. The van der Waals surface area contributed by atoms with Gasteiger partial charge in [0.15, 0.2) is 23.9 Å². The third-order valence-corrected chi connectivity index (χ3v) is 7.61. The lowest BCUT2D eigenvalue weighted by Crippen LogP contribution is -2.16. The molecule has 232 valence electrons. The molecule has 0 bridgehead atoms. The fourth-order valence-corrected chi connectivity index (χ4v) is 4.92. The number of carbonyl (C=O) groups is 1. The first kappa shape index (κ1) is 32.8. The van der Waals surface area contributed by atoms with Crippen molar-refractivity contribution in [2.75, 3.05) is 11.9 Å². The van der Waals surface area contributed by atoms with Crippen molar-refractivity contribution < 1.29 is 43.4 Å². The lowest BCUT2D eigenvalue weighted by Gasteiger charge is -2.21. The molecule has 0 amide bonds. The van der Waals surface area contributed by atoms with Gasteiger partial charge in [0.05, 0.1) is 17.9 Å². The first-order valence-electron chi connectivity index (χ1n) is 13.6. The number of anilines is 1. The molecule has 8 nitrogen and oxygen atoms in total. The number of aromatic amines is 1. The number of benzene rings is 3. The minimum atomic E-state index is -3.03. The van der Waals surface area contributed by atoms with Crippen molar-refractivity contribution in [3.05, 3.63) is 111 Å². The summed E-state index contributed by atoms with van der Waals surface area (Å²) in [6, 6.07) is 18.2. The minimum Gasteiger partial charge on any atom is -0.870 e. The van der Waals surface area contributed by atoms with Crippen LogP contribution in [0.1, 0.15) is 46.0 Å². The molecule has 5 rings (SSSR count). The summed E-state index contributed by atoms with van der Waals surface area (Å²) >= 11 is 12.8. The van der Waals surface area contributed by atoms with Gasteiger partial charge in [-0.05, 0) is 66.3 Å². The normalized spacial score (nSPS) is 13.1. The van der Waals surface area contributed by atoms with Gasteiger partial charge in [-0.3, -0.25) is 0 Å². The molecule has 0 saturated heterocycles. The van der Waals surface area contributed by atoms with Crippen LogP contribution in [0.5, 0.6) is 17.2 Å². The quantitative estimate of drug-likeness (QED) is 0.114. The van der Waals surface area contributed by atoms with Crippen LogP contribution in [-0.4, -0.2) is 29.8 Å². The summed E-state index contributed by atoms with van der Waals surface area (Å²) in [6.07, 6.45) is 4.36. The molecular formula is C32H30Cl2F2N2O6. The third-order valence-electron chi connectivity index (χ3n) is 6.94. The smallest absolute Gasteiger partial charge is 0.387 e. The molecule has 1 saturated carbocycles. The molecule has 44 heavy (non-hydrogen) atoms. The number of phenolic OH excluding ortho intramolecular Hbond substituents is 1. The number of hydrogen-bond acceptors (Lipinski definition) is 7. The molecule has 0 aliphatic heterocycles. The molecule has 1 aromatic heterocycles. The van der Waals surface area contributed by atoms with E-state index in [0.717, 1.165) is 18.4 Å². The number of alkyl halides is 2. The van der Waals surface area contributed by atoms with Gasteiger partial charge in [-0.1, -0.05) is 53.5 Å². The highest BCUT2D eigenvalue weighted by atomic mass is 35.5. The van der Waals surface area contributed by atoms with Gasteiger partial charge in [0.1, 0.15) is 21.9 Å². The van der Waals surface area contributed by atoms with E-state index >= 15 is 0 Å². The van der Waals surface area contributed by atoms with Crippen molar-refractivity contribution in [2.24, 2.45) is 5.92 Å². The molecule has 4 N–H and O–H groups in total. The van der Waals surface area contributed by atoms with E-state index < -0.39 is 18.7 Å². The van der Waals surface area contributed by atoms with Crippen molar-refractivity contribution in [3.8, 4) is 17.2 Å². The van der Waals surface area contributed by atoms with Gasteiger partial charge in [0.2, 0.25) is 0 Å². The Labute approximate surface area is 262 Å². The summed E-state index contributed by atoms with van der Waals surface area (Å²) in [5.41, 5.74) is 2.80. The Morgan fingerprint density at radius 2 is 1.70 bits per heavy atom. The van der Waals surface area contributed by atoms with Crippen LogP contribution in [0.3, 0.4) is 0 Å². The van der Waals surface area contributed by atoms with Crippen LogP contribution in [0.25, 0.3) is 0 Å². The van der Waals surface area contributed by atoms with E-state index in [1.54, 1.807) is 67.0 Å². The SMILES string of the molecule is O=C(O[C@@H](Cc1c(Cl)c[nH+]cc1Cl)c1ccc(OC(F)F)c(OCC2CC2)c1)c1ccc(CNc2ccccc2O)cc1.[OH-]. The van der Waals surface area contributed by atoms with E-state index in [9.17, 15) is 18.7 Å². The summed E-state index contributed by atoms with van der Waals surface area (Å²) in [7, 11) is 0. The van der Waals surface area contributed by atoms with Crippen LogP contribution in [-0.2, 0) is 17.7 Å². The molecule has 3 aromatic carbocycles. The van der Waals surface area contributed by atoms with Crippen LogP contribution in [0.4, 0.5) is 14.5 Å². The standard InChI is InChI=1S/C32H28Cl2F2N2O5.H2O/c33-24-16-37-17-25(34)23(24)14-29(22-11-12-28(43-32(35)36)30(13-22)41-18-20-5-6-20)42-31(40)21-9-7-19(8-10-21)15-38-26-3-1-2-4-27(26)39;/h1-4,7-13,16-17,20,29,32,38-39H,5-6,14-15,18H2;1H2/t29-;/m0./s1. The van der Waals surface area contributed by atoms with Gasteiger partial charge in [-0.2, -0.15) is 8.78 Å². The van der Waals surface area contributed by atoms with E-state index in [1.165, 1.54) is 6.07 Å². The molecule has 12 heteroatoms. The second-order valence-corrected chi connectivity index (χ2v) is 10.9. The number of para-hydroxylation sites is 2. The Hall–Kier alpha value is -4.12. The maximum absolute atomic E-state index is 13.3. The molecule has 0 radical (unpaired) electrons. The average Bonchev–Trinajstić information content (AvgIpc) is 3.82. The van der Waals surface area contributed by atoms with Gasteiger partial charge in [0.25, 0.3) is 0 Å². The van der Waals surface area contributed by atoms with E-state index in [2.05, 4.69) is 15.0 Å². The predicted octanol–water partition coefficient (Wildman–Crippen LogP) is 7.48. The highest BCUT2D eigenvalue weighted by molar-refractivity contribution is 6.35. The molecular weight excluding hydrogens is 617 g/mol. The van der Waals surface area contributed by atoms with E-state index in [1.807, 2.05) is 6.07 Å². The number of nitrogens with one attached hydrogen (secondary N) is 2. The Kier molecular flexibility index (Phi) is 11.2. The van der Waals surface area contributed by atoms with E-state index in [-0.39, 0.29) is 29.1 Å². The van der Waals surface area contributed by atoms with Crippen LogP contribution in [0, 0.1) is 5.92 Å². The van der Waals surface area contributed by atoms with Gasteiger partial charge in [-0.15, -0.1) is 0 Å². The lowest BCUT2D eigenvalue weighted by atomic mass is 10.0.